The van der Waals surface area contributed by atoms with E-state index in [1.54, 1.807) is 0 Å². The van der Waals surface area contributed by atoms with E-state index in [1.165, 1.54) is 38.5 Å². The molecule has 19 heavy (non-hydrogen) atoms. The van der Waals surface area contributed by atoms with E-state index in [4.69, 9.17) is 15.0 Å². The minimum absolute atomic E-state index is 0.275. The first-order chi connectivity index (χ1) is 9.24. The molecule has 2 saturated carbocycles. The van der Waals surface area contributed by atoms with Gasteiger partial charge in [-0.3, -0.25) is 0 Å². The summed E-state index contributed by atoms with van der Waals surface area (Å²) in [4.78, 5) is 0. The Kier molecular flexibility index (Phi) is 6.72. The van der Waals surface area contributed by atoms with E-state index in [1.807, 2.05) is 0 Å². The molecular formula is C14H27NO3P+. The molecule has 0 aromatic rings. The Bertz CT molecular complexity index is 256. The molecule has 0 bridgehead atoms. The molecule has 0 aliphatic heterocycles. The van der Waals surface area contributed by atoms with Crippen molar-refractivity contribution < 1.29 is 14.0 Å². The van der Waals surface area contributed by atoms with Crippen molar-refractivity contribution in [3.63, 3.8) is 0 Å². The molecule has 0 amide bonds. The van der Waals surface area contributed by atoms with Crippen molar-refractivity contribution in [2.75, 3.05) is 6.16 Å². The highest BCUT2D eigenvalue weighted by Crippen LogP contribution is 2.27. The zero-order valence-electron chi connectivity index (χ0n) is 11.8. The molecule has 1 atom stereocenters. The van der Waals surface area contributed by atoms with E-state index in [0.29, 0.717) is 6.16 Å². The van der Waals surface area contributed by atoms with Crippen molar-refractivity contribution in [2.24, 2.45) is 5.50 Å². The molecule has 1 unspecified atom stereocenters. The van der Waals surface area contributed by atoms with Gasteiger partial charge in [-0.15, -0.1) is 5.50 Å². The second-order valence-electron chi connectivity index (χ2n) is 5.82. The third-order valence-corrected chi connectivity index (χ3v) is 4.78. The second-order valence-corrected chi connectivity index (χ2v) is 7.02. The summed E-state index contributed by atoms with van der Waals surface area (Å²) in [5.74, 6) is 0. The van der Waals surface area contributed by atoms with Crippen LogP contribution in [0.1, 0.15) is 64.2 Å². The van der Waals surface area contributed by atoms with Gasteiger partial charge in [0.2, 0.25) is 12.5 Å². The molecule has 5 heteroatoms. The fourth-order valence-corrected chi connectivity index (χ4v) is 3.56. The molecule has 0 spiro atoms. The fourth-order valence-electron chi connectivity index (χ4n) is 3.10. The summed E-state index contributed by atoms with van der Waals surface area (Å²) in [6.07, 6.45) is 12.5. The molecule has 2 N–H and O–H groups in total. The van der Waals surface area contributed by atoms with Gasteiger partial charge in [0.15, 0.2) is 0 Å². The average molecular weight is 288 g/mol. The zero-order valence-corrected chi connectivity index (χ0v) is 12.7. The highest BCUT2D eigenvalue weighted by molar-refractivity contribution is 7.41. The molecule has 2 aliphatic carbocycles. The van der Waals surface area contributed by atoms with Crippen molar-refractivity contribution in [2.45, 2.75) is 82.7 Å². The normalized spacial score (nSPS) is 23.8. The van der Waals surface area contributed by atoms with Crippen LogP contribution < -0.4 is 5.50 Å². The van der Waals surface area contributed by atoms with E-state index in [9.17, 15) is 4.57 Å². The largest absolute Gasteiger partial charge is 0.434 e. The van der Waals surface area contributed by atoms with Crippen LogP contribution in [0, 0.1) is 0 Å². The lowest BCUT2D eigenvalue weighted by molar-refractivity contribution is -0.192. The van der Waals surface area contributed by atoms with Crippen molar-refractivity contribution in [1.82, 2.24) is 0 Å². The minimum atomic E-state index is -1.69. The van der Waals surface area contributed by atoms with Gasteiger partial charge < -0.3 is 9.47 Å². The molecule has 2 rings (SSSR count). The van der Waals surface area contributed by atoms with Gasteiger partial charge in [-0.1, -0.05) is 43.1 Å². The Labute approximate surface area is 117 Å². The van der Waals surface area contributed by atoms with Crippen LogP contribution >= 0.6 is 7.95 Å². The standard InChI is InChI=1S/C14H27NO3P/c15-19(16)11-14(17-12-7-3-1-4-8-12)18-13-9-5-2-6-10-13/h12-14H,1-11H2,(H2,15,16)/q+1. The van der Waals surface area contributed by atoms with E-state index in [2.05, 4.69) is 0 Å². The monoisotopic (exact) mass is 288 g/mol. The van der Waals surface area contributed by atoms with Gasteiger partial charge >= 0.3 is 7.95 Å². The van der Waals surface area contributed by atoms with Gasteiger partial charge in [0.25, 0.3) is 0 Å². The number of nitrogens with two attached hydrogens (primary N) is 1. The summed E-state index contributed by atoms with van der Waals surface area (Å²) in [6, 6.07) is 0. The van der Waals surface area contributed by atoms with Gasteiger partial charge in [-0.25, -0.2) is 0 Å². The predicted molar refractivity (Wildman–Crippen MR) is 76.4 cm³/mol. The third kappa shape index (κ3) is 5.86. The van der Waals surface area contributed by atoms with Crippen LogP contribution in [0.4, 0.5) is 0 Å². The van der Waals surface area contributed by atoms with Crippen LogP contribution in [0.3, 0.4) is 0 Å². The topological polar surface area (TPSA) is 61.6 Å². The quantitative estimate of drug-likeness (QED) is 0.598. The smallest absolute Gasteiger partial charge is 0.345 e. The van der Waals surface area contributed by atoms with E-state index in [0.717, 1.165) is 25.7 Å². The third-order valence-electron chi connectivity index (χ3n) is 4.12. The summed E-state index contributed by atoms with van der Waals surface area (Å²) >= 11 is 0. The maximum Gasteiger partial charge on any atom is 0.434 e. The molecular weight excluding hydrogens is 261 g/mol. The predicted octanol–water partition coefficient (Wildman–Crippen LogP) is 3.71. The van der Waals surface area contributed by atoms with E-state index < -0.39 is 7.95 Å². The zero-order chi connectivity index (χ0) is 13.5. The van der Waals surface area contributed by atoms with Gasteiger partial charge in [0, 0.05) is 0 Å². The number of hydrogen-bond acceptors (Lipinski definition) is 3. The highest BCUT2D eigenvalue weighted by Gasteiger charge is 2.29. The van der Waals surface area contributed by atoms with Gasteiger partial charge in [-0.05, 0) is 25.7 Å². The summed E-state index contributed by atoms with van der Waals surface area (Å²) in [7, 11) is -1.69. The maximum atomic E-state index is 11.3. The van der Waals surface area contributed by atoms with E-state index in [-0.39, 0.29) is 18.5 Å². The van der Waals surface area contributed by atoms with Crippen LogP contribution in [0.25, 0.3) is 0 Å². The molecule has 0 aromatic carbocycles. The first-order valence-electron chi connectivity index (χ1n) is 7.74. The fraction of sp³-hybridized carbons (Fsp3) is 1.00. The molecule has 4 nitrogen and oxygen atoms in total. The maximum absolute atomic E-state index is 11.3. The molecule has 110 valence electrons. The van der Waals surface area contributed by atoms with Gasteiger partial charge in [0.1, 0.15) is 0 Å². The summed E-state index contributed by atoms with van der Waals surface area (Å²) in [5, 5.41) is 0. The number of ether oxygens (including phenoxy) is 2. The highest BCUT2D eigenvalue weighted by atomic mass is 31.1. The first kappa shape index (κ1) is 15.4. The van der Waals surface area contributed by atoms with E-state index >= 15 is 0 Å². The van der Waals surface area contributed by atoms with Gasteiger partial charge in [0.05, 0.1) is 12.2 Å². The summed E-state index contributed by atoms with van der Waals surface area (Å²) < 4.78 is 23.3. The van der Waals surface area contributed by atoms with Crippen molar-refractivity contribution in [1.29, 1.82) is 0 Å². The molecule has 2 aliphatic rings. The lowest BCUT2D eigenvalue weighted by Gasteiger charge is -2.29. The molecule has 0 heterocycles. The van der Waals surface area contributed by atoms with Gasteiger partial charge in [-0.2, -0.15) is 0 Å². The van der Waals surface area contributed by atoms with Crippen LogP contribution in [-0.2, 0) is 14.0 Å². The Morgan fingerprint density at radius 1 is 0.895 bits per heavy atom. The Morgan fingerprint density at radius 3 is 1.68 bits per heavy atom. The molecule has 0 saturated heterocycles. The number of hydrogen-bond donors (Lipinski definition) is 1. The molecule has 2 fully saturated rings. The Balaban J connectivity index is 1.81. The van der Waals surface area contributed by atoms with Crippen molar-refractivity contribution in [3.8, 4) is 0 Å². The Morgan fingerprint density at radius 2 is 1.32 bits per heavy atom. The van der Waals surface area contributed by atoms with Crippen molar-refractivity contribution in [3.05, 3.63) is 0 Å². The van der Waals surface area contributed by atoms with Crippen molar-refractivity contribution >= 4 is 7.95 Å². The van der Waals surface area contributed by atoms with Crippen LogP contribution in [0.5, 0.6) is 0 Å². The summed E-state index contributed by atoms with van der Waals surface area (Å²) in [6.45, 7) is 0. The molecule has 0 radical (unpaired) electrons. The average Bonchev–Trinajstić information content (AvgIpc) is 2.40. The minimum Gasteiger partial charge on any atom is -0.345 e. The SMILES string of the molecule is N[P+](=O)CC(OC1CCCCC1)OC1CCCCC1. The Hall–Kier alpha value is -0.0200. The lowest BCUT2D eigenvalue weighted by Crippen LogP contribution is -2.33. The summed E-state index contributed by atoms with van der Waals surface area (Å²) in [5.41, 5.74) is 5.45. The molecule has 0 aromatic heterocycles. The second kappa shape index (κ2) is 8.31. The first-order valence-corrected chi connectivity index (χ1v) is 9.26. The number of rotatable bonds is 6. The van der Waals surface area contributed by atoms with Crippen LogP contribution in [-0.4, -0.2) is 24.7 Å². The lowest BCUT2D eigenvalue weighted by atomic mass is 9.97. The van der Waals surface area contributed by atoms with Crippen LogP contribution in [0.15, 0.2) is 0 Å². The van der Waals surface area contributed by atoms with Crippen LogP contribution in [0.2, 0.25) is 0 Å².